The Morgan fingerprint density at radius 3 is 2.53 bits per heavy atom. The molecule has 0 radical (unpaired) electrons. The molecule has 0 aliphatic carbocycles. The molecule has 0 aromatic carbocycles. The van der Waals surface area contributed by atoms with E-state index in [0.29, 0.717) is 12.0 Å². The standard InChI is InChI=1S/C16H32N2O/c1-4-16(3,18-10-6-7-11-18)15(17-5-2)14-9-8-12-19-13-14/h14-15,17H,4-13H2,1-3H3. The highest BCUT2D eigenvalue weighted by Gasteiger charge is 2.43. The largest absolute Gasteiger partial charge is 0.381 e. The van der Waals surface area contributed by atoms with E-state index in [-0.39, 0.29) is 5.54 Å². The summed E-state index contributed by atoms with van der Waals surface area (Å²) in [5, 5.41) is 3.80. The van der Waals surface area contributed by atoms with E-state index in [0.717, 1.165) is 19.8 Å². The number of ether oxygens (including phenoxy) is 1. The minimum Gasteiger partial charge on any atom is -0.381 e. The van der Waals surface area contributed by atoms with Crippen molar-refractivity contribution in [2.75, 3.05) is 32.8 Å². The van der Waals surface area contributed by atoms with Crippen LogP contribution in [0.1, 0.15) is 52.9 Å². The molecule has 19 heavy (non-hydrogen) atoms. The first-order chi connectivity index (χ1) is 9.22. The van der Waals surface area contributed by atoms with Crippen LogP contribution in [0.25, 0.3) is 0 Å². The monoisotopic (exact) mass is 268 g/mol. The van der Waals surface area contributed by atoms with Crippen molar-refractivity contribution in [2.24, 2.45) is 5.92 Å². The van der Waals surface area contributed by atoms with Crippen LogP contribution >= 0.6 is 0 Å². The Morgan fingerprint density at radius 2 is 2.00 bits per heavy atom. The Hall–Kier alpha value is -0.120. The van der Waals surface area contributed by atoms with Gasteiger partial charge in [0.1, 0.15) is 0 Å². The second kappa shape index (κ2) is 7.05. The summed E-state index contributed by atoms with van der Waals surface area (Å²) in [7, 11) is 0. The van der Waals surface area contributed by atoms with Crippen molar-refractivity contribution >= 4 is 0 Å². The molecule has 3 heteroatoms. The molecule has 0 amide bonds. The van der Waals surface area contributed by atoms with Crippen LogP contribution in [0, 0.1) is 5.92 Å². The van der Waals surface area contributed by atoms with E-state index in [9.17, 15) is 0 Å². The van der Waals surface area contributed by atoms with Crippen LogP contribution in [0.5, 0.6) is 0 Å². The van der Waals surface area contributed by atoms with Crippen molar-refractivity contribution in [1.29, 1.82) is 0 Å². The fourth-order valence-corrected chi connectivity index (χ4v) is 4.01. The lowest BCUT2D eigenvalue weighted by Crippen LogP contribution is -2.62. The van der Waals surface area contributed by atoms with Crippen molar-refractivity contribution in [3.8, 4) is 0 Å². The Morgan fingerprint density at radius 1 is 1.26 bits per heavy atom. The van der Waals surface area contributed by atoms with E-state index in [1.807, 2.05) is 0 Å². The van der Waals surface area contributed by atoms with E-state index in [4.69, 9.17) is 4.74 Å². The van der Waals surface area contributed by atoms with E-state index in [1.54, 1.807) is 0 Å². The van der Waals surface area contributed by atoms with Crippen LogP contribution in [-0.4, -0.2) is 49.3 Å². The van der Waals surface area contributed by atoms with Crippen LogP contribution in [-0.2, 0) is 4.74 Å². The third-order valence-corrected chi connectivity index (χ3v) is 5.31. The SMILES string of the molecule is CCNC(C1CCCOC1)C(C)(CC)N1CCCC1. The normalized spacial score (nSPS) is 30.2. The third-order valence-electron chi connectivity index (χ3n) is 5.31. The molecule has 2 aliphatic heterocycles. The number of hydrogen-bond donors (Lipinski definition) is 1. The van der Waals surface area contributed by atoms with Gasteiger partial charge in [0.15, 0.2) is 0 Å². The van der Waals surface area contributed by atoms with Crippen molar-refractivity contribution < 1.29 is 4.74 Å². The molecular weight excluding hydrogens is 236 g/mol. The summed E-state index contributed by atoms with van der Waals surface area (Å²) < 4.78 is 5.75. The molecule has 1 N–H and O–H groups in total. The predicted octanol–water partition coefficient (Wildman–Crippen LogP) is 2.66. The topological polar surface area (TPSA) is 24.5 Å². The summed E-state index contributed by atoms with van der Waals surface area (Å²) in [6.45, 7) is 12.6. The first-order valence-electron chi connectivity index (χ1n) is 8.28. The molecule has 0 spiro atoms. The zero-order valence-corrected chi connectivity index (χ0v) is 13.1. The summed E-state index contributed by atoms with van der Waals surface area (Å²) >= 11 is 0. The maximum Gasteiger partial charge on any atom is 0.0509 e. The Labute approximate surface area is 119 Å². The van der Waals surface area contributed by atoms with Gasteiger partial charge in [-0.15, -0.1) is 0 Å². The second-order valence-electron chi connectivity index (χ2n) is 6.42. The molecule has 0 aromatic heterocycles. The molecule has 3 atom stereocenters. The van der Waals surface area contributed by atoms with Crippen molar-refractivity contribution in [2.45, 2.75) is 64.5 Å². The van der Waals surface area contributed by atoms with Gasteiger partial charge >= 0.3 is 0 Å². The quantitative estimate of drug-likeness (QED) is 0.801. The number of hydrogen-bond acceptors (Lipinski definition) is 3. The van der Waals surface area contributed by atoms with Gasteiger partial charge < -0.3 is 10.1 Å². The molecule has 3 unspecified atom stereocenters. The number of rotatable bonds is 6. The lowest BCUT2D eigenvalue weighted by molar-refractivity contribution is -0.00914. The van der Waals surface area contributed by atoms with Gasteiger partial charge in [0.25, 0.3) is 0 Å². The fraction of sp³-hybridized carbons (Fsp3) is 1.00. The van der Waals surface area contributed by atoms with Gasteiger partial charge in [-0.1, -0.05) is 13.8 Å². The van der Waals surface area contributed by atoms with E-state index < -0.39 is 0 Å². The summed E-state index contributed by atoms with van der Waals surface area (Å²) in [5.74, 6) is 0.680. The zero-order chi connectivity index (χ0) is 13.7. The highest BCUT2D eigenvalue weighted by atomic mass is 16.5. The highest BCUT2D eigenvalue weighted by molar-refractivity contribution is 5.01. The second-order valence-corrected chi connectivity index (χ2v) is 6.42. The summed E-state index contributed by atoms with van der Waals surface area (Å²) in [4.78, 5) is 2.73. The maximum absolute atomic E-state index is 5.75. The lowest BCUT2D eigenvalue weighted by Gasteiger charge is -2.48. The molecule has 2 fully saturated rings. The third kappa shape index (κ3) is 3.32. The van der Waals surface area contributed by atoms with E-state index in [1.165, 1.54) is 45.2 Å². The van der Waals surface area contributed by atoms with E-state index in [2.05, 4.69) is 31.0 Å². The highest BCUT2D eigenvalue weighted by Crippen LogP contribution is 2.34. The first kappa shape index (κ1) is 15.3. The van der Waals surface area contributed by atoms with E-state index >= 15 is 0 Å². The number of likely N-dealkylation sites (N-methyl/N-ethyl adjacent to an activating group) is 1. The minimum absolute atomic E-state index is 0.290. The van der Waals surface area contributed by atoms with Crippen LogP contribution in [0.3, 0.4) is 0 Å². The van der Waals surface area contributed by atoms with Gasteiger partial charge in [-0.2, -0.15) is 0 Å². The lowest BCUT2D eigenvalue weighted by atomic mass is 9.77. The summed E-state index contributed by atoms with van der Waals surface area (Å²) in [6.07, 6.45) is 6.51. The van der Waals surface area contributed by atoms with Crippen molar-refractivity contribution in [3.05, 3.63) is 0 Å². The van der Waals surface area contributed by atoms with Gasteiger partial charge in [-0.05, 0) is 64.6 Å². The van der Waals surface area contributed by atoms with Crippen LogP contribution < -0.4 is 5.32 Å². The molecule has 2 saturated heterocycles. The maximum atomic E-state index is 5.75. The zero-order valence-electron chi connectivity index (χ0n) is 13.1. The smallest absolute Gasteiger partial charge is 0.0509 e. The van der Waals surface area contributed by atoms with Crippen molar-refractivity contribution in [3.63, 3.8) is 0 Å². The molecule has 2 aliphatic rings. The molecular formula is C16H32N2O. The molecule has 0 aromatic rings. The van der Waals surface area contributed by atoms with Gasteiger partial charge in [-0.25, -0.2) is 0 Å². The Bertz CT molecular complexity index is 259. The minimum atomic E-state index is 0.290. The average Bonchev–Trinajstić information content (AvgIpc) is 2.99. The number of likely N-dealkylation sites (tertiary alicyclic amines) is 1. The Kier molecular flexibility index (Phi) is 5.67. The molecule has 112 valence electrons. The number of nitrogens with one attached hydrogen (secondary N) is 1. The summed E-state index contributed by atoms with van der Waals surface area (Å²) in [6, 6.07) is 0.570. The van der Waals surface area contributed by atoms with Gasteiger partial charge in [-0.3, -0.25) is 4.90 Å². The van der Waals surface area contributed by atoms with Crippen LogP contribution in [0.2, 0.25) is 0 Å². The van der Waals surface area contributed by atoms with Crippen LogP contribution in [0.4, 0.5) is 0 Å². The molecule has 3 nitrogen and oxygen atoms in total. The number of nitrogens with zero attached hydrogens (tertiary/aromatic N) is 1. The average molecular weight is 268 g/mol. The van der Waals surface area contributed by atoms with Gasteiger partial charge in [0.2, 0.25) is 0 Å². The molecule has 2 heterocycles. The molecule has 2 rings (SSSR count). The Balaban J connectivity index is 2.13. The summed E-state index contributed by atoms with van der Waals surface area (Å²) in [5.41, 5.74) is 0.290. The molecule has 0 bridgehead atoms. The fourth-order valence-electron chi connectivity index (χ4n) is 4.01. The van der Waals surface area contributed by atoms with Crippen LogP contribution in [0.15, 0.2) is 0 Å². The molecule has 0 saturated carbocycles. The predicted molar refractivity (Wildman–Crippen MR) is 80.5 cm³/mol. The van der Waals surface area contributed by atoms with Gasteiger partial charge in [0, 0.05) is 18.2 Å². The first-order valence-corrected chi connectivity index (χ1v) is 8.28. The van der Waals surface area contributed by atoms with Gasteiger partial charge in [0.05, 0.1) is 6.61 Å². The van der Waals surface area contributed by atoms with Crippen molar-refractivity contribution in [1.82, 2.24) is 10.2 Å².